The summed E-state index contributed by atoms with van der Waals surface area (Å²) in [5.74, 6) is -0.583. The summed E-state index contributed by atoms with van der Waals surface area (Å²) >= 11 is 0.905. The molecule has 7 nitrogen and oxygen atoms in total. The van der Waals surface area contributed by atoms with E-state index in [4.69, 9.17) is 0 Å². The molecule has 2 aliphatic heterocycles. The molecule has 3 heterocycles. The van der Waals surface area contributed by atoms with Crippen molar-refractivity contribution < 1.29 is 14.4 Å². The van der Waals surface area contributed by atoms with Crippen molar-refractivity contribution in [3.8, 4) is 0 Å². The molecule has 0 atom stereocenters. The minimum absolute atomic E-state index is 0.191. The van der Waals surface area contributed by atoms with Gasteiger partial charge in [-0.2, -0.15) is 0 Å². The number of rotatable bonds is 5. The number of carbonyl (C=O) groups is 3. The molecule has 0 aliphatic carbocycles. The van der Waals surface area contributed by atoms with Crippen molar-refractivity contribution in [3.05, 3.63) is 58.3 Å². The molecule has 4 rings (SSSR count). The summed E-state index contributed by atoms with van der Waals surface area (Å²) in [7, 11) is 0. The molecule has 0 bridgehead atoms. The van der Waals surface area contributed by atoms with E-state index in [1.54, 1.807) is 11.0 Å². The van der Waals surface area contributed by atoms with E-state index in [0.29, 0.717) is 24.0 Å². The van der Waals surface area contributed by atoms with E-state index in [-0.39, 0.29) is 17.7 Å². The van der Waals surface area contributed by atoms with E-state index >= 15 is 0 Å². The van der Waals surface area contributed by atoms with E-state index in [9.17, 15) is 14.4 Å². The van der Waals surface area contributed by atoms with Crippen LogP contribution in [-0.4, -0.2) is 64.1 Å². The molecule has 33 heavy (non-hydrogen) atoms. The first-order valence-corrected chi connectivity index (χ1v) is 12.1. The van der Waals surface area contributed by atoms with Crippen LogP contribution in [0.2, 0.25) is 0 Å². The van der Waals surface area contributed by atoms with Crippen molar-refractivity contribution in [1.29, 1.82) is 0 Å². The van der Waals surface area contributed by atoms with Crippen molar-refractivity contribution >= 4 is 40.6 Å². The normalized spacial score (nSPS) is 18.2. The van der Waals surface area contributed by atoms with Gasteiger partial charge in [0.15, 0.2) is 0 Å². The Bertz CT molecular complexity index is 1100. The first kappa shape index (κ1) is 23.2. The van der Waals surface area contributed by atoms with E-state index < -0.39 is 5.91 Å². The third-order valence-electron chi connectivity index (χ3n) is 6.25. The fourth-order valence-electron chi connectivity index (χ4n) is 4.61. The molecule has 174 valence electrons. The molecule has 3 amide bonds. The molecular weight excluding hydrogens is 436 g/mol. The van der Waals surface area contributed by atoms with E-state index in [1.807, 2.05) is 38.1 Å². The van der Waals surface area contributed by atoms with Gasteiger partial charge in [-0.1, -0.05) is 18.2 Å². The van der Waals surface area contributed by atoms with Crippen molar-refractivity contribution in [3.63, 3.8) is 0 Å². The van der Waals surface area contributed by atoms with E-state index in [2.05, 4.69) is 35.4 Å². The fraction of sp³-hybridized carbons (Fsp3) is 0.400. The lowest BCUT2D eigenvalue weighted by molar-refractivity contribution is -0.136. The molecule has 2 aliphatic rings. The number of amides is 3. The van der Waals surface area contributed by atoms with Gasteiger partial charge in [-0.15, -0.1) is 0 Å². The molecule has 0 saturated carbocycles. The molecule has 2 fully saturated rings. The zero-order valence-electron chi connectivity index (χ0n) is 19.6. The highest BCUT2D eigenvalue weighted by atomic mass is 32.2. The van der Waals surface area contributed by atoms with Crippen molar-refractivity contribution in [2.45, 2.75) is 33.7 Å². The van der Waals surface area contributed by atoms with Crippen LogP contribution in [0, 0.1) is 13.8 Å². The van der Waals surface area contributed by atoms with E-state index in [0.717, 1.165) is 52.4 Å². The average molecular weight is 467 g/mol. The molecule has 0 spiro atoms. The minimum Gasteiger partial charge on any atom is -0.368 e. The van der Waals surface area contributed by atoms with Crippen LogP contribution in [0.25, 0.3) is 6.08 Å². The first-order chi connectivity index (χ1) is 15.8. The highest BCUT2D eigenvalue weighted by Gasteiger charge is 2.37. The van der Waals surface area contributed by atoms with Crippen molar-refractivity contribution in [1.82, 2.24) is 14.4 Å². The molecule has 1 aromatic heterocycles. The summed E-state index contributed by atoms with van der Waals surface area (Å²) in [6.45, 7) is 10.7. The number of piperazine rings is 1. The van der Waals surface area contributed by atoms with Gasteiger partial charge in [-0.3, -0.25) is 19.3 Å². The predicted molar refractivity (Wildman–Crippen MR) is 132 cm³/mol. The third-order valence-corrected chi connectivity index (χ3v) is 7.15. The van der Waals surface area contributed by atoms with Crippen molar-refractivity contribution in [2.24, 2.45) is 0 Å². The summed E-state index contributed by atoms with van der Waals surface area (Å²) in [4.78, 5) is 43.8. The predicted octanol–water partition coefficient (Wildman–Crippen LogP) is 4.07. The number of nitrogens with zero attached hydrogens (tertiary/aromatic N) is 4. The van der Waals surface area contributed by atoms with Gasteiger partial charge in [0.05, 0.1) is 4.91 Å². The van der Waals surface area contributed by atoms with Crippen LogP contribution in [0.15, 0.2) is 41.3 Å². The number of aryl methyl sites for hydroxylation is 1. The van der Waals surface area contributed by atoms with Gasteiger partial charge in [0.2, 0.25) is 5.91 Å². The lowest BCUT2D eigenvalue weighted by Gasteiger charge is -2.36. The fourth-order valence-corrected chi connectivity index (χ4v) is 5.44. The van der Waals surface area contributed by atoms with Crippen LogP contribution in [0.5, 0.6) is 0 Å². The Morgan fingerprint density at radius 2 is 1.73 bits per heavy atom. The largest absolute Gasteiger partial charge is 0.368 e. The molecule has 2 aromatic rings. The Labute approximate surface area is 199 Å². The van der Waals surface area contributed by atoms with Gasteiger partial charge in [-0.25, -0.2) is 0 Å². The molecule has 0 radical (unpaired) electrons. The number of hydrogen-bond donors (Lipinski definition) is 0. The molecule has 8 heteroatoms. The zero-order valence-corrected chi connectivity index (χ0v) is 20.4. The molecule has 0 unspecified atom stereocenters. The summed E-state index contributed by atoms with van der Waals surface area (Å²) in [6, 6.07) is 12.4. The standard InChI is InChI=1S/C25H30N4O3S/c1-17(2)29-18(3)14-20(19(29)4)15-22-24(31)28(25(32)33-22)16-23(30)27-12-10-26(11-13-27)21-8-6-5-7-9-21/h5-9,14-15,17H,10-13,16H2,1-4H3/b22-15+. The monoisotopic (exact) mass is 466 g/mol. The second-order valence-electron chi connectivity index (χ2n) is 8.76. The summed E-state index contributed by atoms with van der Waals surface area (Å²) in [5, 5.41) is -0.389. The number of hydrogen-bond acceptors (Lipinski definition) is 5. The van der Waals surface area contributed by atoms with Gasteiger partial charge < -0.3 is 14.4 Å². The van der Waals surface area contributed by atoms with Crippen molar-refractivity contribution in [2.75, 3.05) is 37.6 Å². The Morgan fingerprint density at radius 1 is 1.06 bits per heavy atom. The number of imide groups is 1. The van der Waals surface area contributed by atoms with Gasteiger partial charge in [-0.05, 0) is 69.3 Å². The number of carbonyl (C=O) groups excluding carboxylic acids is 3. The summed E-state index contributed by atoms with van der Waals surface area (Å²) < 4.78 is 2.20. The Hall–Kier alpha value is -3.00. The molecule has 1 aromatic carbocycles. The average Bonchev–Trinajstić information content (AvgIpc) is 3.23. The molecule has 0 N–H and O–H groups in total. The van der Waals surface area contributed by atoms with Gasteiger partial charge in [0.25, 0.3) is 11.1 Å². The highest BCUT2D eigenvalue weighted by molar-refractivity contribution is 8.18. The summed E-state index contributed by atoms with van der Waals surface area (Å²) in [6.07, 6.45) is 1.77. The zero-order chi connectivity index (χ0) is 23.7. The summed E-state index contributed by atoms with van der Waals surface area (Å²) in [5.41, 5.74) is 4.23. The van der Waals surface area contributed by atoms with Crippen LogP contribution in [0.4, 0.5) is 10.5 Å². The third kappa shape index (κ3) is 4.71. The van der Waals surface area contributed by atoms with E-state index in [1.165, 1.54) is 0 Å². The SMILES string of the molecule is Cc1cc(/C=C2/SC(=O)N(CC(=O)N3CCN(c4ccccc4)CC3)C2=O)c(C)n1C(C)C. The first-order valence-electron chi connectivity index (χ1n) is 11.3. The second-order valence-corrected chi connectivity index (χ2v) is 9.75. The number of thioether (sulfide) groups is 1. The molecule has 2 saturated heterocycles. The van der Waals surface area contributed by atoms with Gasteiger partial charge >= 0.3 is 0 Å². The Balaban J connectivity index is 1.40. The molecular formula is C25H30N4O3S. The van der Waals surface area contributed by atoms with Crippen LogP contribution in [0.1, 0.15) is 36.8 Å². The number of para-hydroxylation sites is 1. The number of anilines is 1. The maximum Gasteiger partial charge on any atom is 0.294 e. The van der Waals surface area contributed by atoms with Gasteiger partial charge in [0.1, 0.15) is 6.54 Å². The Morgan fingerprint density at radius 3 is 2.33 bits per heavy atom. The lowest BCUT2D eigenvalue weighted by Crippen LogP contribution is -2.51. The lowest BCUT2D eigenvalue weighted by atomic mass is 10.2. The Kier molecular flexibility index (Phi) is 6.65. The smallest absolute Gasteiger partial charge is 0.294 e. The highest BCUT2D eigenvalue weighted by Crippen LogP contribution is 2.33. The quantitative estimate of drug-likeness (QED) is 0.622. The minimum atomic E-state index is -0.393. The number of benzene rings is 1. The van der Waals surface area contributed by atoms with Crippen LogP contribution in [-0.2, 0) is 9.59 Å². The van der Waals surface area contributed by atoms with Crippen LogP contribution < -0.4 is 4.90 Å². The maximum atomic E-state index is 12.9. The topological polar surface area (TPSA) is 65.9 Å². The number of aromatic nitrogens is 1. The second kappa shape index (κ2) is 9.47. The van der Waals surface area contributed by atoms with Crippen LogP contribution >= 0.6 is 11.8 Å². The maximum absolute atomic E-state index is 12.9. The van der Waals surface area contributed by atoms with Gasteiger partial charge in [0, 0.05) is 49.3 Å². The van der Waals surface area contributed by atoms with Crippen LogP contribution in [0.3, 0.4) is 0 Å².